The molecule has 0 aliphatic carbocycles. The van der Waals surface area contributed by atoms with Gasteiger partial charge in [-0.15, -0.1) is 0 Å². The summed E-state index contributed by atoms with van der Waals surface area (Å²) in [5.41, 5.74) is 2.99. The molecule has 10 heteroatoms. The molecule has 0 atom stereocenters. The van der Waals surface area contributed by atoms with Crippen molar-refractivity contribution < 1.29 is 9.53 Å². The van der Waals surface area contributed by atoms with Gasteiger partial charge >= 0.3 is 0 Å². The fraction of sp³-hybridized carbons (Fsp3) is 0.414. The Balaban J connectivity index is 1.18. The van der Waals surface area contributed by atoms with Crippen LogP contribution in [0.1, 0.15) is 22.8 Å². The third-order valence-electron chi connectivity index (χ3n) is 7.35. The van der Waals surface area contributed by atoms with Gasteiger partial charge in [0.25, 0.3) is 5.91 Å². The number of halogens is 1. The van der Waals surface area contributed by atoms with Gasteiger partial charge in [0.15, 0.2) is 5.16 Å². The number of ether oxygens (including phenoxy) is 1. The van der Waals surface area contributed by atoms with Crippen LogP contribution in [0.4, 0.5) is 11.5 Å². The predicted octanol–water partition coefficient (Wildman–Crippen LogP) is 4.54. The van der Waals surface area contributed by atoms with Crippen molar-refractivity contribution in [2.45, 2.75) is 17.8 Å². The average Bonchev–Trinajstić information content (AvgIpc) is 3.00. The van der Waals surface area contributed by atoms with Crippen LogP contribution in [0.2, 0.25) is 5.15 Å². The van der Waals surface area contributed by atoms with Crippen molar-refractivity contribution in [2.24, 2.45) is 0 Å². The summed E-state index contributed by atoms with van der Waals surface area (Å²) >= 11 is 7.95. The predicted molar refractivity (Wildman–Crippen MR) is 158 cm³/mol. The number of hydrogen-bond donors (Lipinski definition) is 0. The van der Waals surface area contributed by atoms with Crippen molar-refractivity contribution in [3.05, 3.63) is 70.9 Å². The fourth-order valence-corrected chi connectivity index (χ4v) is 6.01. The van der Waals surface area contributed by atoms with Gasteiger partial charge in [-0.05, 0) is 48.5 Å². The molecule has 2 aromatic carbocycles. The van der Waals surface area contributed by atoms with Crippen LogP contribution in [0.5, 0.6) is 5.75 Å². The molecule has 3 heterocycles. The van der Waals surface area contributed by atoms with Gasteiger partial charge in [-0.25, -0.2) is 9.97 Å². The average molecular weight is 567 g/mol. The van der Waals surface area contributed by atoms with Gasteiger partial charge in [-0.1, -0.05) is 42.4 Å². The monoisotopic (exact) mass is 566 g/mol. The van der Waals surface area contributed by atoms with Crippen LogP contribution >= 0.6 is 23.4 Å². The lowest BCUT2D eigenvalue weighted by molar-refractivity contribution is 0.0643. The second-order valence-electron chi connectivity index (χ2n) is 9.72. The van der Waals surface area contributed by atoms with E-state index < -0.39 is 0 Å². The van der Waals surface area contributed by atoms with Crippen molar-refractivity contribution in [1.82, 2.24) is 19.8 Å². The molecule has 2 fully saturated rings. The molecule has 0 radical (unpaired) electrons. The van der Waals surface area contributed by atoms with E-state index in [0.717, 1.165) is 81.6 Å². The van der Waals surface area contributed by atoms with Crippen molar-refractivity contribution in [3.63, 3.8) is 0 Å². The number of anilines is 2. The molecule has 0 bridgehead atoms. The molecule has 2 saturated heterocycles. The molecule has 206 valence electrons. The van der Waals surface area contributed by atoms with Gasteiger partial charge < -0.3 is 24.3 Å². The number of methoxy groups -OCH3 is 1. The van der Waals surface area contributed by atoms with Crippen LogP contribution in [0.3, 0.4) is 0 Å². The molecule has 1 amide bonds. The van der Waals surface area contributed by atoms with Crippen LogP contribution < -0.4 is 14.5 Å². The number of carbonyl (C=O) groups excluding carboxylic acids is 1. The number of benzene rings is 2. The highest BCUT2D eigenvalue weighted by molar-refractivity contribution is 7.98. The van der Waals surface area contributed by atoms with E-state index in [-0.39, 0.29) is 5.91 Å². The number of carbonyl (C=O) groups is 1. The molecule has 8 nitrogen and oxygen atoms in total. The van der Waals surface area contributed by atoms with Gasteiger partial charge in [-0.2, -0.15) is 0 Å². The maximum Gasteiger partial charge on any atom is 0.253 e. The highest BCUT2D eigenvalue weighted by Crippen LogP contribution is 2.27. The third kappa shape index (κ3) is 6.96. The van der Waals surface area contributed by atoms with E-state index in [1.54, 1.807) is 7.11 Å². The summed E-state index contributed by atoms with van der Waals surface area (Å²) in [6, 6.07) is 17.9. The number of piperazine rings is 2. The Labute approximate surface area is 239 Å². The molecular formula is C29H35ClN6O2S. The summed E-state index contributed by atoms with van der Waals surface area (Å²) in [6.07, 6.45) is 0. The number of likely N-dealkylation sites (N-methyl/N-ethyl adjacent to an activating group) is 1. The van der Waals surface area contributed by atoms with Crippen LogP contribution in [0.25, 0.3) is 0 Å². The van der Waals surface area contributed by atoms with Gasteiger partial charge in [0.05, 0.1) is 7.11 Å². The lowest BCUT2D eigenvalue weighted by Gasteiger charge is -2.36. The van der Waals surface area contributed by atoms with Crippen molar-refractivity contribution in [2.75, 3.05) is 75.8 Å². The first kappa shape index (κ1) is 27.6. The topological polar surface area (TPSA) is 65.0 Å². The second kappa shape index (κ2) is 12.9. The molecule has 1 aromatic heterocycles. The summed E-state index contributed by atoms with van der Waals surface area (Å²) in [5.74, 6) is 2.48. The molecule has 2 aliphatic rings. The van der Waals surface area contributed by atoms with E-state index in [1.807, 2.05) is 47.4 Å². The second-order valence-corrected chi connectivity index (χ2v) is 11.0. The van der Waals surface area contributed by atoms with Gasteiger partial charge in [-0.3, -0.25) is 4.79 Å². The maximum absolute atomic E-state index is 13.1. The number of aromatic nitrogens is 2. The van der Waals surface area contributed by atoms with Crippen LogP contribution in [-0.2, 0) is 5.75 Å². The van der Waals surface area contributed by atoms with Gasteiger partial charge in [0.2, 0.25) is 0 Å². The van der Waals surface area contributed by atoms with E-state index in [2.05, 4.69) is 38.7 Å². The highest BCUT2D eigenvalue weighted by atomic mass is 35.5. The van der Waals surface area contributed by atoms with E-state index in [0.29, 0.717) is 16.1 Å². The normalized spacial score (nSPS) is 16.4. The zero-order valence-electron chi connectivity index (χ0n) is 22.6. The summed E-state index contributed by atoms with van der Waals surface area (Å²) < 4.78 is 5.28. The number of nitrogens with zero attached hydrogens (tertiary/aromatic N) is 6. The molecule has 2 aliphatic heterocycles. The largest absolute Gasteiger partial charge is 0.497 e. The van der Waals surface area contributed by atoms with E-state index in [9.17, 15) is 4.79 Å². The smallest absolute Gasteiger partial charge is 0.253 e. The zero-order chi connectivity index (χ0) is 27.2. The summed E-state index contributed by atoms with van der Waals surface area (Å²) in [7, 11) is 1.68. The maximum atomic E-state index is 13.1. The molecule has 0 spiro atoms. The Kier molecular flexibility index (Phi) is 9.11. The minimum absolute atomic E-state index is 0.104. The first-order valence-electron chi connectivity index (χ1n) is 13.4. The van der Waals surface area contributed by atoms with E-state index in [1.165, 1.54) is 17.4 Å². The minimum atomic E-state index is 0.104. The highest BCUT2D eigenvalue weighted by Gasteiger charge is 2.22. The van der Waals surface area contributed by atoms with Crippen LogP contribution in [0, 0.1) is 0 Å². The number of thioether (sulfide) groups is 1. The number of amides is 1. The van der Waals surface area contributed by atoms with Crippen molar-refractivity contribution in [1.29, 1.82) is 0 Å². The first-order valence-corrected chi connectivity index (χ1v) is 14.8. The Morgan fingerprint density at radius 2 is 1.64 bits per heavy atom. The zero-order valence-corrected chi connectivity index (χ0v) is 24.1. The van der Waals surface area contributed by atoms with Gasteiger partial charge in [0, 0.05) is 75.4 Å². The Morgan fingerprint density at radius 1 is 0.923 bits per heavy atom. The molecule has 39 heavy (non-hydrogen) atoms. The Morgan fingerprint density at radius 3 is 2.33 bits per heavy atom. The third-order valence-corrected chi connectivity index (χ3v) is 8.46. The molecule has 5 rings (SSSR count). The lowest BCUT2D eigenvalue weighted by atomic mass is 10.1. The van der Waals surface area contributed by atoms with E-state index >= 15 is 0 Å². The number of hydrogen-bond acceptors (Lipinski definition) is 8. The van der Waals surface area contributed by atoms with Crippen molar-refractivity contribution >= 4 is 40.8 Å². The molecule has 0 unspecified atom stereocenters. The standard InChI is InChI=1S/C29H35ClN6O2S/c1-3-33-11-13-36(14-12-33)28(37)23-6-4-5-22(19-23)21-39-29-31-26(30)20-27(32-29)35-17-15-34(16-18-35)24-7-9-25(38-2)10-8-24/h4-10,19-20H,3,11-18,21H2,1-2H3. The lowest BCUT2D eigenvalue weighted by Crippen LogP contribution is -2.48. The molecule has 0 saturated carbocycles. The molecular weight excluding hydrogens is 532 g/mol. The summed E-state index contributed by atoms with van der Waals surface area (Å²) in [5, 5.41) is 1.08. The summed E-state index contributed by atoms with van der Waals surface area (Å²) in [6.45, 7) is 10.1. The SMILES string of the molecule is CCN1CCN(C(=O)c2cccc(CSc3nc(Cl)cc(N4CCN(c5ccc(OC)cc5)CC4)n3)c2)CC1. The first-order chi connectivity index (χ1) is 19.0. The van der Waals surface area contributed by atoms with E-state index in [4.69, 9.17) is 21.3 Å². The molecule has 3 aromatic rings. The summed E-state index contributed by atoms with van der Waals surface area (Å²) in [4.78, 5) is 31.3. The van der Waals surface area contributed by atoms with Crippen LogP contribution in [-0.4, -0.2) is 91.7 Å². The quantitative estimate of drug-likeness (QED) is 0.224. The van der Waals surface area contributed by atoms with Crippen molar-refractivity contribution in [3.8, 4) is 5.75 Å². The Bertz CT molecular complexity index is 1260. The Hall–Kier alpha value is -3.01. The molecule has 0 N–H and O–H groups in total. The van der Waals surface area contributed by atoms with Gasteiger partial charge in [0.1, 0.15) is 16.7 Å². The minimum Gasteiger partial charge on any atom is -0.497 e. The number of rotatable bonds is 8. The van der Waals surface area contributed by atoms with Crippen LogP contribution in [0.15, 0.2) is 59.8 Å². The fourth-order valence-electron chi connectivity index (χ4n) is 4.99.